The minimum Gasteiger partial charge on any atom is -0.395 e. The standard InChI is InChI=1S/C11H19F3N2O2/c1-8-9(3-2-4-15-8)10(18)16(5-6-17)7-11(12,13)14/h8-9,15,17H,2-7H2,1H3. The van der Waals surface area contributed by atoms with E-state index in [1.807, 2.05) is 0 Å². The lowest BCUT2D eigenvalue weighted by atomic mass is 9.90. The first-order chi connectivity index (χ1) is 8.35. The number of hydrogen-bond acceptors (Lipinski definition) is 3. The molecule has 2 unspecified atom stereocenters. The van der Waals surface area contributed by atoms with Crippen molar-refractivity contribution in [3.05, 3.63) is 0 Å². The zero-order chi connectivity index (χ0) is 13.8. The van der Waals surface area contributed by atoms with Gasteiger partial charge >= 0.3 is 6.18 Å². The van der Waals surface area contributed by atoms with Crippen LogP contribution < -0.4 is 5.32 Å². The maximum absolute atomic E-state index is 12.4. The molecule has 106 valence electrons. The van der Waals surface area contributed by atoms with Crippen LogP contribution in [0.4, 0.5) is 13.2 Å². The molecule has 0 aromatic rings. The molecule has 4 nitrogen and oxygen atoms in total. The molecule has 1 heterocycles. The van der Waals surface area contributed by atoms with E-state index in [2.05, 4.69) is 5.32 Å². The van der Waals surface area contributed by atoms with Crippen molar-refractivity contribution in [2.45, 2.75) is 32.0 Å². The number of carbonyl (C=O) groups excluding carboxylic acids is 1. The van der Waals surface area contributed by atoms with Crippen LogP contribution in [0.2, 0.25) is 0 Å². The third-order valence-electron chi connectivity index (χ3n) is 3.13. The van der Waals surface area contributed by atoms with Crippen LogP contribution >= 0.6 is 0 Å². The number of hydrogen-bond donors (Lipinski definition) is 2. The minimum absolute atomic E-state index is 0.124. The summed E-state index contributed by atoms with van der Waals surface area (Å²) in [5, 5.41) is 11.9. The van der Waals surface area contributed by atoms with Gasteiger partial charge in [-0.3, -0.25) is 4.79 Å². The van der Waals surface area contributed by atoms with Gasteiger partial charge in [0.1, 0.15) is 6.54 Å². The molecule has 1 aliphatic rings. The molecule has 1 saturated heterocycles. The molecule has 2 atom stereocenters. The molecular weight excluding hydrogens is 249 g/mol. The summed E-state index contributed by atoms with van der Waals surface area (Å²) in [6, 6.07) is -0.124. The van der Waals surface area contributed by atoms with Crippen molar-refractivity contribution in [2.24, 2.45) is 5.92 Å². The summed E-state index contributed by atoms with van der Waals surface area (Å²) in [6.45, 7) is 0.546. The molecule has 1 aliphatic heterocycles. The first-order valence-electron chi connectivity index (χ1n) is 6.05. The van der Waals surface area contributed by atoms with Gasteiger partial charge in [-0.1, -0.05) is 0 Å². The normalized spacial score (nSPS) is 24.9. The van der Waals surface area contributed by atoms with E-state index in [4.69, 9.17) is 5.11 Å². The number of amides is 1. The second-order valence-corrected chi connectivity index (χ2v) is 4.59. The Morgan fingerprint density at radius 3 is 2.67 bits per heavy atom. The number of piperidine rings is 1. The smallest absolute Gasteiger partial charge is 0.395 e. The van der Waals surface area contributed by atoms with Crippen LogP contribution in [0.15, 0.2) is 0 Å². The van der Waals surface area contributed by atoms with Crippen LogP contribution in [-0.2, 0) is 4.79 Å². The van der Waals surface area contributed by atoms with Crippen LogP contribution in [0, 0.1) is 5.92 Å². The molecule has 0 spiro atoms. The molecular formula is C11H19F3N2O2. The fourth-order valence-corrected chi connectivity index (χ4v) is 2.22. The Hall–Kier alpha value is -0.820. The van der Waals surface area contributed by atoms with Crippen LogP contribution in [0.1, 0.15) is 19.8 Å². The van der Waals surface area contributed by atoms with Gasteiger partial charge in [-0.2, -0.15) is 13.2 Å². The van der Waals surface area contributed by atoms with Gasteiger partial charge in [-0.25, -0.2) is 0 Å². The molecule has 18 heavy (non-hydrogen) atoms. The average Bonchev–Trinajstić information content (AvgIpc) is 2.26. The molecule has 0 saturated carbocycles. The number of halogens is 3. The number of nitrogens with one attached hydrogen (secondary N) is 1. The molecule has 0 aliphatic carbocycles. The number of nitrogens with zero attached hydrogens (tertiary/aromatic N) is 1. The van der Waals surface area contributed by atoms with E-state index in [1.165, 1.54) is 0 Å². The number of aliphatic hydroxyl groups is 1. The van der Waals surface area contributed by atoms with Crippen LogP contribution in [0.25, 0.3) is 0 Å². The number of aliphatic hydroxyl groups excluding tert-OH is 1. The summed E-state index contributed by atoms with van der Waals surface area (Å²) in [5.74, 6) is -0.964. The largest absolute Gasteiger partial charge is 0.406 e. The second kappa shape index (κ2) is 6.38. The van der Waals surface area contributed by atoms with Gasteiger partial charge in [0.2, 0.25) is 5.91 Å². The fourth-order valence-electron chi connectivity index (χ4n) is 2.22. The van der Waals surface area contributed by atoms with Gasteiger partial charge in [0.05, 0.1) is 12.5 Å². The Morgan fingerprint density at radius 2 is 2.17 bits per heavy atom. The van der Waals surface area contributed by atoms with E-state index < -0.39 is 31.2 Å². The van der Waals surface area contributed by atoms with E-state index >= 15 is 0 Å². The highest BCUT2D eigenvalue weighted by molar-refractivity contribution is 5.79. The van der Waals surface area contributed by atoms with Gasteiger partial charge in [-0.05, 0) is 26.3 Å². The SMILES string of the molecule is CC1NCCCC1C(=O)N(CCO)CC(F)(F)F. The van der Waals surface area contributed by atoms with Crippen LogP contribution in [0.3, 0.4) is 0 Å². The molecule has 1 rings (SSSR count). The van der Waals surface area contributed by atoms with Crippen molar-refractivity contribution >= 4 is 5.91 Å². The Labute approximate surface area is 104 Å². The number of rotatable bonds is 4. The number of carbonyl (C=O) groups is 1. The zero-order valence-corrected chi connectivity index (χ0v) is 10.3. The summed E-state index contributed by atoms with van der Waals surface area (Å²) >= 11 is 0. The van der Waals surface area contributed by atoms with Crippen molar-refractivity contribution in [1.29, 1.82) is 0 Å². The average molecular weight is 268 g/mol. The third-order valence-corrected chi connectivity index (χ3v) is 3.13. The van der Waals surface area contributed by atoms with Gasteiger partial charge in [0.25, 0.3) is 0 Å². The topological polar surface area (TPSA) is 52.6 Å². The number of alkyl halides is 3. The van der Waals surface area contributed by atoms with E-state index in [-0.39, 0.29) is 12.6 Å². The van der Waals surface area contributed by atoms with Crippen molar-refractivity contribution in [2.75, 3.05) is 26.2 Å². The van der Waals surface area contributed by atoms with Gasteiger partial charge in [0, 0.05) is 12.6 Å². The molecule has 0 aromatic heterocycles. The molecule has 2 N–H and O–H groups in total. The first-order valence-corrected chi connectivity index (χ1v) is 6.05. The molecule has 0 aromatic carbocycles. The fraction of sp³-hybridized carbons (Fsp3) is 0.909. The van der Waals surface area contributed by atoms with Crippen molar-refractivity contribution < 1.29 is 23.1 Å². The van der Waals surface area contributed by atoms with Gasteiger partial charge in [-0.15, -0.1) is 0 Å². The zero-order valence-electron chi connectivity index (χ0n) is 10.3. The lowest BCUT2D eigenvalue weighted by Crippen LogP contribution is -2.50. The molecule has 1 amide bonds. The summed E-state index contributed by atoms with van der Waals surface area (Å²) in [4.78, 5) is 12.8. The molecule has 7 heteroatoms. The maximum Gasteiger partial charge on any atom is 0.406 e. The lowest BCUT2D eigenvalue weighted by molar-refractivity contribution is -0.165. The Morgan fingerprint density at radius 1 is 1.50 bits per heavy atom. The second-order valence-electron chi connectivity index (χ2n) is 4.59. The Bertz CT molecular complexity index is 284. The monoisotopic (exact) mass is 268 g/mol. The van der Waals surface area contributed by atoms with Crippen molar-refractivity contribution in [3.8, 4) is 0 Å². The summed E-state index contributed by atoms with van der Waals surface area (Å²) in [7, 11) is 0. The van der Waals surface area contributed by atoms with Gasteiger partial charge in [0.15, 0.2) is 0 Å². The Balaban J connectivity index is 2.68. The van der Waals surface area contributed by atoms with E-state index in [0.29, 0.717) is 11.3 Å². The highest BCUT2D eigenvalue weighted by Gasteiger charge is 2.37. The van der Waals surface area contributed by atoms with Crippen LogP contribution in [-0.4, -0.2) is 54.4 Å². The molecule has 1 fully saturated rings. The maximum atomic E-state index is 12.4. The van der Waals surface area contributed by atoms with E-state index in [1.54, 1.807) is 6.92 Å². The van der Waals surface area contributed by atoms with E-state index in [0.717, 1.165) is 13.0 Å². The summed E-state index contributed by atoms with van der Waals surface area (Å²) < 4.78 is 37.1. The lowest BCUT2D eigenvalue weighted by Gasteiger charge is -2.33. The highest BCUT2D eigenvalue weighted by atomic mass is 19.4. The minimum atomic E-state index is -4.43. The summed E-state index contributed by atoms with van der Waals surface area (Å²) in [5.41, 5.74) is 0. The highest BCUT2D eigenvalue weighted by Crippen LogP contribution is 2.22. The molecule has 0 radical (unpaired) electrons. The molecule has 0 bridgehead atoms. The summed E-state index contributed by atoms with van der Waals surface area (Å²) in [6.07, 6.45) is -3.07. The van der Waals surface area contributed by atoms with Gasteiger partial charge < -0.3 is 15.3 Å². The quantitative estimate of drug-likeness (QED) is 0.791. The first kappa shape index (κ1) is 15.2. The predicted molar refractivity (Wildman–Crippen MR) is 59.9 cm³/mol. The van der Waals surface area contributed by atoms with Crippen molar-refractivity contribution in [3.63, 3.8) is 0 Å². The Kier molecular flexibility index (Phi) is 5.40. The third kappa shape index (κ3) is 4.45. The predicted octanol–water partition coefficient (Wildman–Crippen LogP) is 0.758. The van der Waals surface area contributed by atoms with E-state index in [9.17, 15) is 18.0 Å². The van der Waals surface area contributed by atoms with Crippen molar-refractivity contribution in [1.82, 2.24) is 10.2 Å². The van der Waals surface area contributed by atoms with Crippen LogP contribution in [0.5, 0.6) is 0 Å².